The molecule has 0 aliphatic heterocycles. The summed E-state index contributed by atoms with van der Waals surface area (Å²) in [6.07, 6.45) is 0.382. The zero-order valence-electron chi connectivity index (χ0n) is 11.6. The summed E-state index contributed by atoms with van der Waals surface area (Å²) in [5, 5.41) is 6.70. The molecule has 2 N–H and O–H groups in total. The Kier molecular flexibility index (Phi) is 5.65. The Labute approximate surface area is 137 Å². The number of carbonyl (C=O) groups is 1. The van der Waals surface area contributed by atoms with E-state index in [-0.39, 0.29) is 5.91 Å². The highest BCUT2D eigenvalue weighted by Crippen LogP contribution is 2.21. The van der Waals surface area contributed by atoms with Crippen LogP contribution in [0.15, 0.2) is 46.9 Å². The van der Waals surface area contributed by atoms with Crippen molar-refractivity contribution in [2.75, 3.05) is 17.2 Å². The number of amides is 1. The first-order valence-corrected chi connectivity index (χ1v) is 7.78. The van der Waals surface area contributed by atoms with E-state index in [1.54, 1.807) is 6.07 Å². The molecule has 2 aromatic rings. The molecule has 0 aliphatic carbocycles. The molecule has 0 aromatic heterocycles. The van der Waals surface area contributed by atoms with Gasteiger partial charge >= 0.3 is 0 Å². The van der Waals surface area contributed by atoms with Gasteiger partial charge in [-0.25, -0.2) is 0 Å². The van der Waals surface area contributed by atoms with E-state index in [0.29, 0.717) is 18.0 Å². The molecule has 0 radical (unpaired) electrons. The van der Waals surface area contributed by atoms with Crippen LogP contribution in [0.1, 0.15) is 12.0 Å². The number of hydrogen-bond acceptors (Lipinski definition) is 2. The molecule has 0 fully saturated rings. The molecule has 5 heteroatoms. The van der Waals surface area contributed by atoms with Gasteiger partial charge in [0.05, 0.1) is 0 Å². The highest BCUT2D eigenvalue weighted by atomic mass is 79.9. The minimum absolute atomic E-state index is 0.0468. The van der Waals surface area contributed by atoms with Crippen molar-refractivity contribution in [1.82, 2.24) is 0 Å². The Morgan fingerprint density at radius 1 is 1.24 bits per heavy atom. The van der Waals surface area contributed by atoms with Gasteiger partial charge in [-0.2, -0.15) is 0 Å². The number of benzene rings is 2. The van der Waals surface area contributed by atoms with Crippen LogP contribution in [0.25, 0.3) is 0 Å². The van der Waals surface area contributed by atoms with Crippen molar-refractivity contribution in [1.29, 1.82) is 0 Å². The third-order valence-electron chi connectivity index (χ3n) is 3.00. The number of nitrogens with one attached hydrogen (secondary N) is 2. The van der Waals surface area contributed by atoms with Crippen LogP contribution in [0.3, 0.4) is 0 Å². The predicted octanol–water partition coefficient (Wildman–Crippen LogP) is 4.85. The Morgan fingerprint density at radius 2 is 2.00 bits per heavy atom. The quantitative estimate of drug-likeness (QED) is 0.793. The normalized spacial score (nSPS) is 10.2. The summed E-state index contributed by atoms with van der Waals surface area (Å²) in [7, 11) is 0. The smallest absolute Gasteiger partial charge is 0.226 e. The molecular formula is C16H16BrClN2O. The highest BCUT2D eigenvalue weighted by Gasteiger charge is 2.04. The van der Waals surface area contributed by atoms with Gasteiger partial charge < -0.3 is 10.6 Å². The number of aryl methyl sites for hydroxylation is 1. The molecule has 0 spiro atoms. The summed E-state index contributed by atoms with van der Waals surface area (Å²) < 4.78 is 0.982. The SMILES string of the molecule is Cc1ccc(NC(=O)CCNc2ccccc2Br)cc1Cl. The lowest BCUT2D eigenvalue weighted by Crippen LogP contribution is -2.16. The van der Waals surface area contributed by atoms with Gasteiger partial charge in [0.2, 0.25) is 5.91 Å². The Bertz CT molecular complexity index is 646. The number of carbonyl (C=O) groups excluding carboxylic acids is 1. The van der Waals surface area contributed by atoms with Crippen LogP contribution in [0.2, 0.25) is 5.02 Å². The monoisotopic (exact) mass is 366 g/mol. The third-order valence-corrected chi connectivity index (χ3v) is 4.10. The third kappa shape index (κ3) is 4.76. The Morgan fingerprint density at radius 3 is 2.71 bits per heavy atom. The van der Waals surface area contributed by atoms with Gasteiger partial charge in [-0.1, -0.05) is 29.8 Å². The predicted molar refractivity (Wildman–Crippen MR) is 92.1 cm³/mol. The topological polar surface area (TPSA) is 41.1 Å². The summed E-state index contributed by atoms with van der Waals surface area (Å²) >= 11 is 9.48. The van der Waals surface area contributed by atoms with Crippen molar-refractivity contribution in [2.24, 2.45) is 0 Å². The molecule has 0 aliphatic rings. The van der Waals surface area contributed by atoms with E-state index < -0.39 is 0 Å². The number of rotatable bonds is 5. The molecule has 3 nitrogen and oxygen atoms in total. The first-order chi connectivity index (χ1) is 10.1. The van der Waals surface area contributed by atoms with Crippen molar-refractivity contribution in [2.45, 2.75) is 13.3 Å². The zero-order chi connectivity index (χ0) is 15.2. The molecule has 110 valence electrons. The highest BCUT2D eigenvalue weighted by molar-refractivity contribution is 9.10. The maximum atomic E-state index is 11.9. The summed E-state index contributed by atoms with van der Waals surface area (Å²) in [6, 6.07) is 13.3. The van der Waals surface area contributed by atoms with Gasteiger partial charge in [-0.15, -0.1) is 0 Å². The van der Waals surface area contributed by atoms with E-state index in [2.05, 4.69) is 26.6 Å². The van der Waals surface area contributed by atoms with Crippen LogP contribution in [0.5, 0.6) is 0 Å². The molecule has 0 saturated heterocycles. The summed E-state index contributed by atoms with van der Waals surface area (Å²) in [5.41, 5.74) is 2.69. The fourth-order valence-corrected chi connectivity index (χ4v) is 2.41. The molecule has 0 heterocycles. The maximum Gasteiger partial charge on any atom is 0.226 e. The van der Waals surface area contributed by atoms with Gasteiger partial charge in [-0.05, 0) is 52.7 Å². The Hall–Kier alpha value is -1.52. The summed E-state index contributed by atoms with van der Waals surface area (Å²) in [6.45, 7) is 2.49. The minimum atomic E-state index is -0.0468. The van der Waals surface area contributed by atoms with Crippen LogP contribution >= 0.6 is 27.5 Å². The van der Waals surface area contributed by atoms with Crippen LogP contribution in [0.4, 0.5) is 11.4 Å². The van der Waals surface area contributed by atoms with Gasteiger partial charge in [-0.3, -0.25) is 4.79 Å². The van der Waals surface area contributed by atoms with Gasteiger partial charge in [0, 0.05) is 33.8 Å². The van der Waals surface area contributed by atoms with Crippen molar-refractivity contribution >= 4 is 44.8 Å². The summed E-state index contributed by atoms with van der Waals surface area (Å²) in [5.74, 6) is -0.0468. The molecule has 21 heavy (non-hydrogen) atoms. The molecule has 1 amide bonds. The number of hydrogen-bond donors (Lipinski definition) is 2. The molecule has 2 aromatic carbocycles. The first-order valence-electron chi connectivity index (χ1n) is 6.60. The number of anilines is 2. The van der Waals surface area contributed by atoms with E-state index in [1.807, 2.05) is 43.3 Å². The fourth-order valence-electron chi connectivity index (χ4n) is 1.81. The van der Waals surface area contributed by atoms with Gasteiger partial charge in [0.25, 0.3) is 0 Å². The van der Waals surface area contributed by atoms with Crippen LogP contribution in [-0.2, 0) is 4.79 Å². The molecule has 0 unspecified atom stereocenters. The number of para-hydroxylation sites is 1. The van der Waals surface area contributed by atoms with Crippen molar-refractivity contribution in [3.63, 3.8) is 0 Å². The second-order valence-corrected chi connectivity index (χ2v) is 5.93. The van der Waals surface area contributed by atoms with Crippen molar-refractivity contribution in [3.05, 3.63) is 57.5 Å². The average molecular weight is 368 g/mol. The van der Waals surface area contributed by atoms with E-state index in [4.69, 9.17) is 11.6 Å². The van der Waals surface area contributed by atoms with Crippen LogP contribution in [-0.4, -0.2) is 12.5 Å². The van der Waals surface area contributed by atoms with E-state index in [0.717, 1.165) is 21.4 Å². The average Bonchev–Trinajstić information content (AvgIpc) is 2.45. The van der Waals surface area contributed by atoms with Crippen molar-refractivity contribution in [3.8, 4) is 0 Å². The number of halogens is 2. The molecular weight excluding hydrogens is 352 g/mol. The second kappa shape index (κ2) is 7.48. The van der Waals surface area contributed by atoms with E-state index >= 15 is 0 Å². The molecule has 0 bridgehead atoms. The zero-order valence-corrected chi connectivity index (χ0v) is 14.0. The summed E-state index contributed by atoms with van der Waals surface area (Å²) in [4.78, 5) is 11.9. The lowest BCUT2D eigenvalue weighted by molar-refractivity contribution is -0.115. The first kappa shape index (κ1) is 15.9. The molecule has 0 atom stereocenters. The maximum absolute atomic E-state index is 11.9. The minimum Gasteiger partial charge on any atom is -0.384 e. The lowest BCUT2D eigenvalue weighted by Gasteiger charge is -2.09. The second-order valence-electron chi connectivity index (χ2n) is 4.67. The largest absolute Gasteiger partial charge is 0.384 e. The fraction of sp³-hybridized carbons (Fsp3) is 0.188. The van der Waals surface area contributed by atoms with Crippen LogP contribution in [0, 0.1) is 6.92 Å². The molecule has 2 rings (SSSR count). The van der Waals surface area contributed by atoms with Gasteiger partial charge in [0.1, 0.15) is 0 Å². The standard InChI is InChI=1S/C16H16BrClN2O/c1-11-6-7-12(10-14(11)18)20-16(21)8-9-19-15-5-3-2-4-13(15)17/h2-7,10,19H,8-9H2,1H3,(H,20,21). The lowest BCUT2D eigenvalue weighted by atomic mass is 10.2. The van der Waals surface area contributed by atoms with E-state index in [9.17, 15) is 4.79 Å². The van der Waals surface area contributed by atoms with Gasteiger partial charge in [0.15, 0.2) is 0 Å². The van der Waals surface area contributed by atoms with E-state index in [1.165, 1.54) is 0 Å². The van der Waals surface area contributed by atoms with Crippen molar-refractivity contribution < 1.29 is 4.79 Å². The molecule has 0 saturated carbocycles. The van der Waals surface area contributed by atoms with Crippen LogP contribution < -0.4 is 10.6 Å². The Balaban J connectivity index is 1.82.